The molecule has 0 spiro atoms. The molecule has 1 aromatic rings. The second-order valence-electron chi connectivity index (χ2n) is 2.66. The van der Waals surface area contributed by atoms with E-state index in [1.54, 1.807) is 13.0 Å². The van der Waals surface area contributed by atoms with Crippen LogP contribution < -0.4 is 4.90 Å². The van der Waals surface area contributed by atoms with E-state index in [1.165, 1.54) is 23.3 Å². The highest BCUT2D eigenvalue weighted by molar-refractivity contribution is 9.11. The first-order chi connectivity index (χ1) is 7.06. The summed E-state index contributed by atoms with van der Waals surface area (Å²) < 4.78 is 5.52. The first-order valence-electron chi connectivity index (χ1n) is 4.26. The summed E-state index contributed by atoms with van der Waals surface area (Å²) in [4.78, 5) is 23.9. The largest absolute Gasteiger partial charge is 0.459 e. The van der Waals surface area contributed by atoms with Crippen molar-refractivity contribution in [3.05, 3.63) is 15.9 Å². The fourth-order valence-corrected chi connectivity index (χ4v) is 2.24. The number of nitrogens with zero attached hydrogens (tertiary/aromatic N) is 1. The van der Waals surface area contributed by atoms with Crippen molar-refractivity contribution in [1.29, 1.82) is 0 Å². The fourth-order valence-electron chi connectivity index (χ4n) is 0.915. The second kappa shape index (κ2) is 5.27. The normalized spacial score (nSPS) is 9.80. The van der Waals surface area contributed by atoms with E-state index in [1.807, 2.05) is 6.07 Å². The predicted octanol–water partition coefficient (Wildman–Crippen LogP) is 2.04. The third-order valence-corrected chi connectivity index (χ3v) is 3.34. The van der Waals surface area contributed by atoms with E-state index in [-0.39, 0.29) is 6.61 Å². The molecule has 0 saturated heterocycles. The number of carbonyl (C=O) groups excluding carboxylic acids is 2. The molecule has 0 N–H and O–H groups in total. The van der Waals surface area contributed by atoms with Gasteiger partial charge in [-0.25, -0.2) is 4.79 Å². The van der Waals surface area contributed by atoms with Crippen LogP contribution in [0.4, 0.5) is 5.00 Å². The molecule has 82 valence electrons. The van der Waals surface area contributed by atoms with Gasteiger partial charge in [-0.1, -0.05) is 0 Å². The molecule has 1 heterocycles. The fraction of sp³-hybridized carbons (Fsp3) is 0.333. The number of halogens is 1. The molecule has 1 amide bonds. The van der Waals surface area contributed by atoms with Crippen LogP contribution in [0.5, 0.6) is 0 Å². The number of rotatable bonds is 2. The number of hydrogen-bond acceptors (Lipinski definition) is 4. The summed E-state index contributed by atoms with van der Waals surface area (Å²) in [6, 6.07) is 3.57. The predicted molar refractivity (Wildman–Crippen MR) is 62.1 cm³/mol. The molecular weight excluding hydrogens is 282 g/mol. The van der Waals surface area contributed by atoms with Crippen LogP contribution in [0.3, 0.4) is 0 Å². The summed E-state index contributed by atoms with van der Waals surface area (Å²) >= 11 is 4.66. The molecular formula is C9H10BrNO3S. The average molecular weight is 292 g/mol. The van der Waals surface area contributed by atoms with Gasteiger partial charge in [0.05, 0.1) is 15.4 Å². The highest BCUT2D eigenvalue weighted by atomic mass is 79.9. The van der Waals surface area contributed by atoms with Crippen molar-refractivity contribution >= 4 is 44.1 Å². The maximum atomic E-state index is 11.5. The quantitative estimate of drug-likeness (QED) is 0.619. The number of carbonyl (C=O) groups is 2. The second-order valence-corrected chi connectivity index (χ2v) is 5.10. The first kappa shape index (κ1) is 12.2. The molecule has 0 saturated carbocycles. The highest BCUT2D eigenvalue weighted by Crippen LogP contribution is 2.29. The Hall–Kier alpha value is -0.880. The minimum atomic E-state index is -0.829. The van der Waals surface area contributed by atoms with Gasteiger partial charge in [0.25, 0.3) is 0 Å². The Morgan fingerprint density at radius 1 is 1.53 bits per heavy atom. The molecule has 15 heavy (non-hydrogen) atoms. The van der Waals surface area contributed by atoms with Gasteiger partial charge in [-0.05, 0) is 35.0 Å². The monoisotopic (exact) mass is 291 g/mol. The molecule has 1 rings (SSSR count). The number of ether oxygens (including phenoxy) is 1. The molecule has 0 bridgehead atoms. The van der Waals surface area contributed by atoms with E-state index in [2.05, 4.69) is 20.7 Å². The lowest BCUT2D eigenvalue weighted by Gasteiger charge is -2.13. The van der Waals surface area contributed by atoms with Gasteiger partial charge >= 0.3 is 11.9 Å². The van der Waals surface area contributed by atoms with E-state index >= 15 is 0 Å². The maximum absolute atomic E-state index is 11.5. The summed E-state index contributed by atoms with van der Waals surface area (Å²) in [5.41, 5.74) is 0. The Balaban J connectivity index is 2.72. The van der Waals surface area contributed by atoms with Gasteiger partial charge in [0.1, 0.15) is 0 Å². The van der Waals surface area contributed by atoms with Crippen molar-refractivity contribution < 1.29 is 14.3 Å². The summed E-state index contributed by atoms with van der Waals surface area (Å²) in [5.74, 6) is -1.49. The number of esters is 1. The Morgan fingerprint density at radius 3 is 2.67 bits per heavy atom. The van der Waals surface area contributed by atoms with E-state index in [9.17, 15) is 9.59 Å². The van der Waals surface area contributed by atoms with Crippen LogP contribution in [0.25, 0.3) is 0 Å². The smallest absolute Gasteiger partial charge is 0.397 e. The number of hydrogen-bond donors (Lipinski definition) is 0. The summed E-state index contributed by atoms with van der Waals surface area (Å²) in [6.45, 7) is 1.86. The van der Waals surface area contributed by atoms with Crippen molar-refractivity contribution in [1.82, 2.24) is 0 Å². The maximum Gasteiger partial charge on any atom is 0.397 e. The molecule has 0 radical (unpaired) electrons. The Morgan fingerprint density at radius 2 is 2.20 bits per heavy atom. The zero-order valence-corrected chi connectivity index (χ0v) is 10.7. The SMILES string of the molecule is CCOC(=O)C(=O)N(C)c1ccc(Br)s1. The van der Waals surface area contributed by atoms with Crippen molar-refractivity contribution in [3.63, 3.8) is 0 Å². The standard InChI is InChI=1S/C9H10BrNO3S/c1-3-14-9(13)8(12)11(2)7-5-4-6(10)15-7/h4-5H,3H2,1-2H3. The molecule has 0 fully saturated rings. The topological polar surface area (TPSA) is 46.6 Å². The lowest BCUT2D eigenvalue weighted by atomic mass is 10.5. The molecule has 0 aliphatic heterocycles. The molecule has 0 atom stereocenters. The first-order valence-corrected chi connectivity index (χ1v) is 5.87. The zero-order valence-electron chi connectivity index (χ0n) is 8.32. The van der Waals surface area contributed by atoms with Gasteiger partial charge in [-0.15, -0.1) is 11.3 Å². The van der Waals surface area contributed by atoms with Gasteiger partial charge in [0.2, 0.25) is 0 Å². The van der Waals surface area contributed by atoms with Crippen LogP contribution in [0, 0.1) is 0 Å². The molecule has 0 unspecified atom stereocenters. The molecule has 0 aliphatic rings. The van der Waals surface area contributed by atoms with E-state index in [4.69, 9.17) is 0 Å². The third kappa shape index (κ3) is 3.04. The van der Waals surface area contributed by atoms with Gasteiger partial charge in [0, 0.05) is 7.05 Å². The zero-order chi connectivity index (χ0) is 11.4. The van der Waals surface area contributed by atoms with Crippen molar-refractivity contribution in [2.24, 2.45) is 0 Å². The van der Waals surface area contributed by atoms with Crippen LogP contribution in [0.2, 0.25) is 0 Å². The van der Waals surface area contributed by atoms with Gasteiger partial charge in [-0.2, -0.15) is 0 Å². The van der Waals surface area contributed by atoms with Gasteiger partial charge in [0.15, 0.2) is 0 Å². The van der Waals surface area contributed by atoms with Crippen LogP contribution in [0.15, 0.2) is 15.9 Å². The van der Waals surface area contributed by atoms with Gasteiger partial charge < -0.3 is 4.74 Å². The lowest BCUT2D eigenvalue weighted by molar-refractivity contribution is -0.153. The number of anilines is 1. The Kier molecular flexibility index (Phi) is 4.28. The number of likely N-dealkylation sites (N-methyl/N-ethyl adjacent to an activating group) is 1. The molecule has 6 heteroatoms. The van der Waals surface area contributed by atoms with E-state index < -0.39 is 11.9 Å². The van der Waals surface area contributed by atoms with Crippen molar-refractivity contribution in [2.45, 2.75) is 6.92 Å². The minimum Gasteiger partial charge on any atom is -0.459 e. The highest BCUT2D eigenvalue weighted by Gasteiger charge is 2.21. The van der Waals surface area contributed by atoms with Crippen molar-refractivity contribution in [3.8, 4) is 0 Å². The van der Waals surface area contributed by atoms with Gasteiger partial charge in [-0.3, -0.25) is 9.69 Å². The average Bonchev–Trinajstić information content (AvgIpc) is 2.63. The minimum absolute atomic E-state index is 0.201. The van der Waals surface area contributed by atoms with Crippen molar-refractivity contribution in [2.75, 3.05) is 18.6 Å². The van der Waals surface area contributed by atoms with E-state index in [0.29, 0.717) is 5.00 Å². The molecule has 0 aliphatic carbocycles. The van der Waals surface area contributed by atoms with Crippen LogP contribution >= 0.6 is 27.3 Å². The van der Waals surface area contributed by atoms with E-state index in [0.717, 1.165) is 3.79 Å². The number of thiophene rings is 1. The third-order valence-electron chi connectivity index (χ3n) is 1.64. The van der Waals surface area contributed by atoms with Crippen LogP contribution in [0.1, 0.15) is 6.92 Å². The lowest BCUT2D eigenvalue weighted by Crippen LogP contribution is -2.34. The molecule has 4 nitrogen and oxygen atoms in total. The summed E-state index contributed by atoms with van der Waals surface area (Å²) in [6.07, 6.45) is 0. The van der Waals surface area contributed by atoms with Crippen LogP contribution in [-0.2, 0) is 14.3 Å². The summed E-state index contributed by atoms with van der Waals surface area (Å²) in [7, 11) is 1.54. The summed E-state index contributed by atoms with van der Waals surface area (Å²) in [5, 5.41) is 0.694. The Bertz CT molecular complexity index is 377. The molecule has 1 aromatic heterocycles. The molecule has 0 aromatic carbocycles. The number of amides is 1. The van der Waals surface area contributed by atoms with Crippen LogP contribution in [-0.4, -0.2) is 25.5 Å². The Labute approximate surface area is 100.0 Å².